The molecular weight excluding hydrogens is 516 g/mol. The number of hydrogen-bond donors (Lipinski definition) is 2. The average Bonchev–Trinajstić information content (AvgIpc) is 3.22. The summed E-state index contributed by atoms with van der Waals surface area (Å²) in [5.41, 5.74) is 8.10. The minimum absolute atomic E-state index is 0.0671. The van der Waals surface area contributed by atoms with Gasteiger partial charge in [0.15, 0.2) is 10.7 Å². The highest BCUT2D eigenvalue weighted by Crippen LogP contribution is 2.71. The Hall–Kier alpha value is -2.44. The SMILES string of the molecule is C[S+]([O-])c1ccc(-c2cccc3c2C[C@]24CCC(=O)C=C2CCC2=C4C3C[C@@]3(C)[C@H]2CC[C@@]3(O)/C=C\CO)cc1. The van der Waals surface area contributed by atoms with E-state index in [4.69, 9.17) is 0 Å². The Balaban J connectivity index is 1.45. The van der Waals surface area contributed by atoms with Crippen molar-refractivity contribution in [3.63, 3.8) is 0 Å². The van der Waals surface area contributed by atoms with E-state index in [1.807, 2.05) is 24.3 Å². The predicted octanol–water partition coefficient (Wildman–Crippen LogP) is 6.20. The molecule has 0 aromatic heterocycles. The number of carbonyl (C=O) groups excluding carboxylic acids is 1. The second-order valence-electron chi connectivity index (χ2n) is 13.0. The molecule has 0 bridgehead atoms. The normalized spacial score (nSPS) is 35.1. The van der Waals surface area contributed by atoms with Gasteiger partial charge < -0.3 is 14.8 Å². The number of benzene rings is 2. The van der Waals surface area contributed by atoms with E-state index in [2.05, 4.69) is 37.3 Å². The summed E-state index contributed by atoms with van der Waals surface area (Å²) < 4.78 is 12.1. The third-order valence-electron chi connectivity index (χ3n) is 11.3. The van der Waals surface area contributed by atoms with Crippen LogP contribution in [0.2, 0.25) is 0 Å². The maximum Gasteiger partial charge on any atom is 0.155 e. The van der Waals surface area contributed by atoms with Crippen molar-refractivity contribution < 1.29 is 19.6 Å². The maximum absolute atomic E-state index is 12.7. The van der Waals surface area contributed by atoms with Crippen LogP contribution in [0.3, 0.4) is 0 Å². The van der Waals surface area contributed by atoms with Crippen LogP contribution in [0.4, 0.5) is 0 Å². The molecule has 1 spiro atoms. The predicted molar refractivity (Wildman–Crippen MR) is 158 cm³/mol. The first-order valence-electron chi connectivity index (χ1n) is 14.7. The molecule has 1 saturated carbocycles. The molecule has 5 aliphatic rings. The van der Waals surface area contributed by atoms with Crippen molar-refractivity contribution in [1.82, 2.24) is 0 Å². The molecule has 2 unspecified atom stereocenters. The topological polar surface area (TPSA) is 80.6 Å². The van der Waals surface area contributed by atoms with Crippen LogP contribution in [-0.2, 0) is 22.4 Å². The van der Waals surface area contributed by atoms with E-state index in [9.17, 15) is 19.6 Å². The van der Waals surface area contributed by atoms with E-state index >= 15 is 0 Å². The number of rotatable bonds is 4. The molecular formula is C35H38O4S. The molecule has 208 valence electrons. The van der Waals surface area contributed by atoms with Gasteiger partial charge in [0.2, 0.25) is 0 Å². The largest absolute Gasteiger partial charge is 0.612 e. The van der Waals surface area contributed by atoms with Gasteiger partial charge in [-0.3, -0.25) is 4.79 Å². The first kappa shape index (κ1) is 26.5. The van der Waals surface area contributed by atoms with E-state index in [0.29, 0.717) is 18.8 Å². The molecule has 6 atom stereocenters. The van der Waals surface area contributed by atoms with Crippen LogP contribution in [-0.4, -0.2) is 39.0 Å². The standard InChI is InChI=1S/C35H38O4S/c1-33-20-30-27-6-3-5-26(22-7-10-25(11-8-22)40(2)39)29(27)21-34-16-13-24(37)19-23(34)9-12-28(32(30)34)31(33)14-17-35(33,38)15-4-18-36/h3-8,10-11,15,19,30-31,36,38H,9,12-14,16-18,20-21H2,1-2H3/b15-4-/t30?,31-,33-,34+,35-,40?/m0/s1. The summed E-state index contributed by atoms with van der Waals surface area (Å²) in [5, 5.41) is 21.6. The summed E-state index contributed by atoms with van der Waals surface area (Å²) in [6.07, 6.45) is 14.1. The quantitative estimate of drug-likeness (QED) is 0.349. The van der Waals surface area contributed by atoms with Crippen molar-refractivity contribution in [3.05, 3.63) is 88.5 Å². The Labute approximate surface area is 240 Å². The van der Waals surface area contributed by atoms with Gasteiger partial charge in [-0.1, -0.05) is 54.0 Å². The third-order valence-corrected chi connectivity index (χ3v) is 12.2. The minimum Gasteiger partial charge on any atom is -0.612 e. The van der Waals surface area contributed by atoms with Crippen LogP contribution in [0.15, 0.2) is 82.3 Å². The molecule has 5 heteroatoms. The van der Waals surface area contributed by atoms with Gasteiger partial charge in [0.05, 0.1) is 12.2 Å². The molecule has 0 saturated heterocycles. The highest BCUT2D eigenvalue weighted by atomic mass is 32.2. The molecule has 4 nitrogen and oxygen atoms in total. The molecule has 2 aromatic carbocycles. The van der Waals surface area contributed by atoms with Crippen LogP contribution in [0.5, 0.6) is 0 Å². The number of fused-ring (bicyclic) bond motifs is 4. The van der Waals surface area contributed by atoms with Crippen molar-refractivity contribution in [3.8, 4) is 11.1 Å². The summed E-state index contributed by atoms with van der Waals surface area (Å²) in [6.45, 7) is 2.21. The Morgan fingerprint density at radius 1 is 1.10 bits per heavy atom. The molecule has 5 aliphatic carbocycles. The van der Waals surface area contributed by atoms with Crippen LogP contribution in [0, 0.1) is 16.7 Å². The Morgan fingerprint density at radius 3 is 2.65 bits per heavy atom. The van der Waals surface area contributed by atoms with Crippen LogP contribution in [0.1, 0.15) is 68.9 Å². The van der Waals surface area contributed by atoms with E-state index in [1.165, 1.54) is 22.3 Å². The number of hydrogen-bond acceptors (Lipinski definition) is 4. The van der Waals surface area contributed by atoms with E-state index < -0.39 is 16.8 Å². The monoisotopic (exact) mass is 554 g/mol. The Morgan fingerprint density at radius 2 is 1.90 bits per heavy atom. The zero-order valence-corrected chi connectivity index (χ0v) is 24.2. The highest BCUT2D eigenvalue weighted by Gasteiger charge is 2.63. The van der Waals surface area contributed by atoms with Crippen molar-refractivity contribution in [2.45, 2.75) is 74.7 Å². The Bertz CT molecular complexity index is 1480. The number of aliphatic hydroxyl groups is 2. The second-order valence-corrected chi connectivity index (χ2v) is 14.3. The van der Waals surface area contributed by atoms with E-state index in [1.54, 1.807) is 23.5 Å². The first-order valence-corrected chi connectivity index (χ1v) is 16.3. The van der Waals surface area contributed by atoms with Gasteiger partial charge in [-0.2, -0.15) is 0 Å². The molecule has 0 aliphatic heterocycles. The maximum atomic E-state index is 12.7. The minimum atomic E-state index is -1.02. The summed E-state index contributed by atoms with van der Waals surface area (Å²) in [7, 11) is 0. The summed E-state index contributed by atoms with van der Waals surface area (Å²) in [4.78, 5) is 13.5. The fraction of sp³-hybridized carbons (Fsp3) is 0.457. The van der Waals surface area contributed by atoms with Gasteiger partial charge in [0, 0.05) is 23.2 Å². The first-order chi connectivity index (χ1) is 19.2. The van der Waals surface area contributed by atoms with Gasteiger partial charge in [-0.25, -0.2) is 0 Å². The molecule has 40 heavy (non-hydrogen) atoms. The van der Waals surface area contributed by atoms with E-state index in [-0.39, 0.29) is 29.1 Å². The zero-order chi connectivity index (χ0) is 27.9. The van der Waals surface area contributed by atoms with Gasteiger partial charge >= 0.3 is 0 Å². The fourth-order valence-electron chi connectivity index (χ4n) is 9.44. The smallest absolute Gasteiger partial charge is 0.155 e. The number of ketones is 1. The van der Waals surface area contributed by atoms with Crippen molar-refractivity contribution in [2.75, 3.05) is 12.9 Å². The van der Waals surface area contributed by atoms with Crippen molar-refractivity contribution in [1.29, 1.82) is 0 Å². The lowest BCUT2D eigenvalue weighted by Crippen LogP contribution is -2.52. The lowest BCUT2D eigenvalue weighted by molar-refractivity contribution is -0.115. The lowest BCUT2D eigenvalue weighted by atomic mass is 9.45. The van der Waals surface area contributed by atoms with Crippen LogP contribution >= 0.6 is 0 Å². The van der Waals surface area contributed by atoms with Crippen molar-refractivity contribution >= 4 is 17.0 Å². The van der Waals surface area contributed by atoms with Gasteiger partial charge in [-0.15, -0.1) is 0 Å². The number of allylic oxidation sites excluding steroid dienone is 4. The highest BCUT2D eigenvalue weighted by molar-refractivity contribution is 7.90. The molecule has 0 amide bonds. The average molecular weight is 555 g/mol. The van der Waals surface area contributed by atoms with Crippen LogP contribution < -0.4 is 0 Å². The summed E-state index contributed by atoms with van der Waals surface area (Å²) in [6, 6.07) is 14.8. The number of carbonyl (C=O) groups is 1. The molecule has 2 aromatic rings. The zero-order valence-electron chi connectivity index (χ0n) is 23.4. The summed E-state index contributed by atoms with van der Waals surface area (Å²) in [5.74, 6) is 0.759. The van der Waals surface area contributed by atoms with Gasteiger partial charge in [0.25, 0.3) is 0 Å². The summed E-state index contributed by atoms with van der Waals surface area (Å²) >= 11 is -1.02. The molecule has 7 rings (SSSR count). The van der Waals surface area contributed by atoms with Crippen LogP contribution in [0.25, 0.3) is 11.1 Å². The molecule has 2 N–H and O–H groups in total. The second kappa shape index (κ2) is 9.29. The lowest BCUT2D eigenvalue weighted by Gasteiger charge is -2.59. The fourth-order valence-corrected chi connectivity index (χ4v) is 9.96. The van der Waals surface area contributed by atoms with Gasteiger partial charge in [-0.05, 0) is 115 Å². The van der Waals surface area contributed by atoms with Crippen molar-refractivity contribution in [2.24, 2.45) is 16.7 Å². The molecule has 0 radical (unpaired) electrons. The molecule has 1 fully saturated rings. The number of aliphatic hydroxyl groups excluding tert-OH is 1. The van der Waals surface area contributed by atoms with E-state index in [0.717, 1.165) is 49.0 Å². The van der Waals surface area contributed by atoms with Gasteiger partial charge in [0.1, 0.15) is 6.26 Å². The molecule has 0 heterocycles. The Kier molecular flexibility index (Phi) is 6.14. The third kappa shape index (κ3) is 3.60.